The molecular formula is C15H24O5S. The average Bonchev–Trinajstić information content (AvgIpc) is 2.42. The molecule has 1 aromatic carbocycles. The highest BCUT2D eigenvalue weighted by molar-refractivity contribution is 7.85. The number of aryl methyl sites for hydroxylation is 1. The fraction of sp³-hybridized carbons (Fsp3) is 0.600. The highest BCUT2D eigenvalue weighted by atomic mass is 32.2. The molecule has 21 heavy (non-hydrogen) atoms. The molecule has 0 radical (unpaired) electrons. The van der Waals surface area contributed by atoms with Crippen molar-refractivity contribution in [2.24, 2.45) is 0 Å². The van der Waals surface area contributed by atoms with E-state index in [2.05, 4.69) is 0 Å². The quantitative estimate of drug-likeness (QED) is 0.672. The highest BCUT2D eigenvalue weighted by Crippen LogP contribution is 2.36. The van der Waals surface area contributed by atoms with Crippen LogP contribution in [-0.2, 0) is 10.1 Å². The zero-order valence-electron chi connectivity index (χ0n) is 12.7. The van der Waals surface area contributed by atoms with Crippen molar-refractivity contribution in [3.05, 3.63) is 29.3 Å². The molecule has 0 amide bonds. The summed E-state index contributed by atoms with van der Waals surface area (Å²) in [4.78, 5) is -0.357. The summed E-state index contributed by atoms with van der Waals surface area (Å²) < 4.78 is 32.2. The molecule has 120 valence electrons. The summed E-state index contributed by atoms with van der Waals surface area (Å²) in [5.74, 6) is 0. The van der Waals surface area contributed by atoms with E-state index in [1.54, 1.807) is 13.8 Å². The van der Waals surface area contributed by atoms with Crippen molar-refractivity contribution in [3.8, 4) is 0 Å². The number of aliphatic hydroxyl groups excluding tert-OH is 1. The third-order valence-electron chi connectivity index (χ3n) is 3.82. The largest absolute Gasteiger partial charge is 0.387 e. The van der Waals surface area contributed by atoms with Crippen LogP contribution in [0.4, 0.5) is 0 Å². The highest BCUT2D eigenvalue weighted by Gasteiger charge is 2.37. The van der Waals surface area contributed by atoms with E-state index >= 15 is 0 Å². The zero-order chi connectivity index (χ0) is 16.3. The molecule has 0 aliphatic heterocycles. The van der Waals surface area contributed by atoms with Gasteiger partial charge in [-0.3, -0.25) is 4.55 Å². The summed E-state index contributed by atoms with van der Waals surface area (Å²) in [5.41, 5.74) is -0.633. The topological polar surface area (TPSA) is 94.8 Å². The molecule has 0 saturated heterocycles. The van der Waals surface area contributed by atoms with Crippen LogP contribution in [0.3, 0.4) is 0 Å². The normalized spacial score (nSPS) is 16.5. The molecule has 0 fully saturated rings. The molecule has 6 heteroatoms. The number of rotatable bonds is 7. The van der Waals surface area contributed by atoms with Crippen LogP contribution >= 0.6 is 0 Å². The summed E-state index contributed by atoms with van der Waals surface area (Å²) in [6.45, 7) is 5.46. The van der Waals surface area contributed by atoms with Gasteiger partial charge in [-0.25, -0.2) is 0 Å². The van der Waals surface area contributed by atoms with Gasteiger partial charge in [-0.05, 0) is 25.8 Å². The lowest BCUT2D eigenvalue weighted by Gasteiger charge is -2.33. The van der Waals surface area contributed by atoms with Crippen molar-refractivity contribution in [1.82, 2.24) is 0 Å². The molecule has 5 nitrogen and oxygen atoms in total. The van der Waals surface area contributed by atoms with E-state index in [1.807, 2.05) is 6.92 Å². The minimum absolute atomic E-state index is 0.0398. The maximum absolute atomic E-state index is 11.5. The Bertz CT molecular complexity index is 582. The lowest BCUT2D eigenvalue weighted by molar-refractivity contribution is -0.0874. The van der Waals surface area contributed by atoms with E-state index in [-0.39, 0.29) is 16.9 Å². The summed E-state index contributed by atoms with van der Waals surface area (Å²) in [7, 11) is -4.46. The van der Waals surface area contributed by atoms with Gasteiger partial charge in [-0.15, -0.1) is 0 Å². The van der Waals surface area contributed by atoms with Gasteiger partial charge >= 0.3 is 0 Å². The van der Waals surface area contributed by atoms with Gasteiger partial charge in [0.2, 0.25) is 0 Å². The first-order valence-corrected chi connectivity index (χ1v) is 8.58. The van der Waals surface area contributed by atoms with Gasteiger partial charge in [0, 0.05) is 5.56 Å². The molecule has 3 N–H and O–H groups in total. The molecule has 0 saturated carbocycles. The van der Waals surface area contributed by atoms with Crippen molar-refractivity contribution in [3.63, 3.8) is 0 Å². The van der Waals surface area contributed by atoms with E-state index in [9.17, 15) is 23.2 Å². The molecule has 0 aliphatic rings. The van der Waals surface area contributed by atoms with Crippen molar-refractivity contribution in [2.45, 2.75) is 63.1 Å². The average molecular weight is 316 g/mol. The molecule has 0 aliphatic carbocycles. The number of benzene rings is 1. The first-order chi connectivity index (χ1) is 9.65. The fourth-order valence-electron chi connectivity index (χ4n) is 2.40. The van der Waals surface area contributed by atoms with Gasteiger partial charge in [0.05, 0.1) is 10.5 Å². The van der Waals surface area contributed by atoms with E-state index in [1.165, 1.54) is 18.2 Å². The van der Waals surface area contributed by atoms with Gasteiger partial charge in [-0.2, -0.15) is 8.42 Å². The summed E-state index contributed by atoms with van der Waals surface area (Å²) in [6.07, 6.45) is 0.848. The van der Waals surface area contributed by atoms with Crippen molar-refractivity contribution in [1.29, 1.82) is 0 Å². The minimum atomic E-state index is -4.46. The smallest absolute Gasteiger partial charge is 0.294 e. The monoisotopic (exact) mass is 316 g/mol. The van der Waals surface area contributed by atoms with Crippen LogP contribution < -0.4 is 0 Å². The third-order valence-corrected chi connectivity index (χ3v) is 4.75. The van der Waals surface area contributed by atoms with Crippen LogP contribution in [0.5, 0.6) is 0 Å². The van der Waals surface area contributed by atoms with E-state index in [4.69, 9.17) is 0 Å². The van der Waals surface area contributed by atoms with Gasteiger partial charge in [0.25, 0.3) is 10.1 Å². The molecule has 0 heterocycles. The van der Waals surface area contributed by atoms with Crippen molar-refractivity contribution in [2.75, 3.05) is 0 Å². The Hall–Kier alpha value is -0.950. The van der Waals surface area contributed by atoms with Crippen LogP contribution in [-0.4, -0.2) is 28.8 Å². The second-order valence-corrected chi connectivity index (χ2v) is 6.87. The van der Waals surface area contributed by atoms with Crippen LogP contribution in [0.25, 0.3) is 0 Å². The van der Waals surface area contributed by atoms with Gasteiger partial charge in [-0.1, -0.05) is 44.4 Å². The predicted octanol–water partition coefficient (Wildman–Crippen LogP) is 2.61. The van der Waals surface area contributed by atoms with Crippen LogP contribution in [0, 0.1) is 6.92 Å². The molecule has 0 aromatic heterocycles. The van der Waals surface area contributed by atoms with Crippen LogP contribution in [0.2, 0.25) is 0 Å². The molecule has 1 rings (SSSR count). The minimum Gasteiger partial charge on any atom is -0.387 e. The Morgan fingerprint density at radius 1 is 1.29 bits per heavy atom. The maximum Gasteiger partial charge on any atom is 0.294 e. The molecule has 1 aromatic rings. The fourth-order valence-corrected chi connectivity index (χ4v) is 3.10. The summed E-state index contributed by atoms with van der Waals surface area (Å²) >= 11 is 0. The van der Waals surface area contributed by atoms with Crippen LogP contribution in [0.1, 0.15) is 56.8 Å². The Morgan fingerprint density at radius 2 is 1.90 bits per heavy atom. The number of aliphatic hydroxyl groups is 2. The third kappa shape index (κ3) is 4.26. The Balaban J connectivity index is 3.34. The first-order valence-electron chi connectivity index (χ1n) is 7.14. The van der Waals surface area contributed by atoms with Crippen molar-refractivity contribution >= 4 is 10.1 Å². The first kappa shape index (κ1) is 18.1. The second kappa shape index (κ2) is 6.87. The molecule has 0 bridgehead atoms. The molecule has 0 spiro atoms. The lowest BCUT2D eigenvalue weighted by Crippen LogP contribution is -2.36. The molecular weight excluding hydrogens is 292 g/mol. The predicted molar refractivity (Wildman–Crippen MR) is 80.7 cm³/mol. The van der Waals surface area contributed by atoms with Gasteiger partial charge in [0.1, 0.15) is 6.10 Å². The number of hydrogen-bond donors (Lipinski definition) is 3. The van der Waals surface area contributed by atoms with E-state index < -0.39 is 21.8 Å². The number of unbranched alkanes of at least 4 members (excludes halogenated alkanes) is 1. The van der Waals surface area contributed by atoms with Crippen molar-refractivity contribution < 1.29 is 23.2 Å². The van der Waals surface area contributed by atoms with E-state index in [0.717, 1.165) is 12.0 Å². The Labute approximate surface area is 126 Å². The standard InChI is InChI=1S/C15H24O5S/c1-4-6-9-15(17,5-2)14(16)12-10-11(3)7-8-13(12)21(18,19)20/h7-8,10,14,16-17H,4-6,9H2,1-3H3,(H,18,19,20)/t14?,15-/m0/s1. The number of hydrogen-bond acceptors (Lipinski definition) is 4. The zero-order valence-corrected chi connectivity index (χ0v) is 13.5. The SMILES string of the molecule is CCCC[C@@](O)(CC)C(O)c1cc(C)ccc1S(=O)(=O)O. The Kier molecular flexibility index (Phi) is 5.92. The second-order valence-electron chi connectivity index (χ2n) is 5.48. The summed E-state index contributed by atoms with van der Waals surface area (Å²) in [6, 6.07) is 4.27. The van der Waals surface area contributed by atoms with E-state index in [0.29, 0.717) is 12.8 Å². The Morgan fingerprint density at radius 3 is 2.38 bits per heavy atom. The molecule has 1 unspecified atom stereocenters. The maximum atomic E-state index is 11.5. The lowest BCUT2D eigenvalue weighted by atomic mass is 9.84. The van der Waals surface area contributed by atoms with Crippen LogP contribution in [0.15, 0.2) is 23.1 Å². The van der Waals surface area contributed by atoms with Gasteiger partial charge in [0.15, 0.2) is 0 Å². The van der Waals surface area contributed by atoms with Gasteiger partial charge < -0.3 is 10.2 Å². The summed E-state index contributed by atoms with van der Waals surface area (Å²) in [5, 5.41) is 21.1. The molecule has 2 atom stereocenters.